The molecule has 3 N–H and O–H groups in total. The van der Waals surface area contributed by atoms with Gasteiger partial charge < -0.3 is 10.6 Å². The number of urea groups is 1. The highest BCUT2D eigenvalue weighted by Crippen LogP contribution is 2.20. The highest BCUT2D eigenvalue weighted by molar-refractivity contribution is 7.92. The van der Waals surface area contributed by atoms with Gasteiger partial charge in [0.1, 0.15) is 0 Å². The molecule has 8 heteroatoms. The molecule has 0 atom stereocenters. The number of hydrogen-bond donors (Lipinski definition) is 3. The fraction of sp³-hybridized carbons (Fsp3) is 0. The zero-order valence-corrected chi connectivity index (χ0v) is 15.4. The molecule has 0 spiro atoms. The SMILES string of the molecule is O=Cc1ccccc1NS(=O)(=O)c1ccc(NC(=O)Nc2ccccc2)cc1. The lowest BCUT2D eigenvalue weighted by Gasteiger charge is -2.11. The van der Waals surface area contributed by atoms with Gasteiger partial charge in [-0.2, -0.15) is 0 Å². The first kappa shape index (κ1) is 19.1. The molecule has 0 aliphatic rings. The van der Waals surface area contributed by atoms with Crippen LogP contribution >= 0.6 is 0 Å². The summed E-state index contributed by atoms with van der Waals surface area (Å²) < 4.78 is 27.4. The van der Waals surface area contributed by atoms with Crippen LogP contribution in [0.2, 0.25) is 0 Å². The lowest BCUT2D eigenvalue weighted by Crippen LogP contribution is -2.19. The Morgan fingerprint density at radius 1 is 0.750 bits per heavy atom. The van der Waals surface area contributed by atoms with Crippen LogP contribution in [0, 0.1) is 0 Å². The molecule has 7 nitrogen and oxygen atoms in total. The predicted octanol–water partition coefficient (Wildman–Crippen LogP) is 3.94. The largest absolute Gasteiger partial charge is 0.323 e. The molecule has 3 aromatic carbocycles. The van der Waals surface area contributed by atoms with Crippen LogP contribution in [0.15, 0.2) is 83.8 Å². The van der Waals surface area contributed by atoms with E-state index in [1.807, 2.05) is 6.07 Å². The number of amides is 2. The van der Waals surface area contributed by atoms with E-state index in [0.29, 0.717) is 17.7 Å². The molecule has 3 aromatic rings. The summed E-state index contributed by atoms with van der Waals surface area (Å²) in [6.45, 7) is 0. The molecule has 0 saturated heterocycles. The standard InChI is InChI=1S/C20H17N3O4S/c24-14-15-6-4-5-9-19(15)23-28(26,27)18-12-10-17(11-13-18)22-20(25)21-16-7-2-1-3-8-16/h1-14,23H,(H2,21,22,25). The second-order valence-corrected chi connectivity index (χ2v) is 7.46. The molecule has 0 unspecified atom stereocenters. The van der Waals surface area contributed by atoms with Crippen LogP contribution in [-0.4, -0.2) is 20.7 Å². The maximum Gasteiger partial charge on any atom is 0.323 e. The van der Waals surface area contributed by atoms with Gasteiger partial charge in [0.2, 0.25) is 0 Å². The number of sulfonamides is 1. The van der Waals surface area contributed by atoms with Gasteiger partial charge in [-0.15, -0.1) is 0 Å². The Kier molecular flexibility index (Phi) is 5.71. The molecule has 142 valence electrons. The predicted molar refractivity (Wildman–Crippen MR) is 108 cm³/mol. The van der Waals surface area contributed by atoms with Crippen molar-refractivity contribution in [2.24, 2.45) is 0 Å². The van der Waals surface area contributed by atoms with E-state index in [1.165, 1.54) is 36.4 Å². The van der Waals surface area contributed by atoms with E-state index in [2.05, 4.69) is 15.4 Å². The van der Waals surface area contributed by atoms with Gasteiger partial charge in [-0.1, -0.05) is 30.3 Å². The molecule has 0 aromatic heterocycles. The van der Waals surface area contributed by atoms with Crippen molar-refractivity contribution in [2.45, 2.75) is 4.90 Å². The smallest absolute Gasteiger partial charge is 0.308 e. The van der Waals surface area contributed by atoms with E-state index >= 15 is 0 Å². The Morgan fingerprint density at radius 3 is 1.96 bits per heavy atom. The van der Waals surface area contributed by atoms with E-state index in [9.17, 15) is 18.0 Å². The van der Waals surface area contributed by atoms with E-state index in [-0.39, 0.29) is 16.1 Å². The van der Waals surface area contributed by atoms with E-state index in [4.69, 9.17) is 0 Å². The summed E-state index contributed by atoms with van der Waals surface area (Å²) in [7, 11) is -3.88. The Morgan fingerprint density at radius 2 is 1.32 bits per heavy atom. The minimum Gasteiger partial charge on any atom is -0.308 e. The van der Waals surface area contributed by atoms with Gasteiger partial charge in [-0.05, 0) is 48.5 Å². The summed E-state index contributed by atoms with van der Waals surface area (Å²) in [6.07, 6.45) is 0.580. The second kappa shape index (κ2) is 8.36. The van der Waals surface area contributed by atoms with Crippen LogP contribution in [0.3, 0.4) is 0 Å². The van der Waals surface area contributed by atoms with E-state index in [0.717, 1.165) is 0 Å². The van der Waals surface area contributed by atoms with Crippen LogP contribution in [0.4, 0.5) is 21.9 Å². The Hall–Kier alpha value is -3.65. The van der Waals surface area contributed by atoms with E-state index < -0.39 is 16.1 Å². The number of nitrogens with one attached hydrogen (secondary N) is 3. The molecule has 0 saturated carbocycles. The molecule has 3 rings (SSSR count). The van der Waals surface area contributed by atoms with Crippen LogP contribution in [0.25, 0.3) is 0 Å². The third kappa shape index (κ3) is 4.74. The third-order valence-corrected chi connectivity index (χ3v) is 5.17. The Labute approximate surface area is 162 Å². The van der Waals surface area contributed by atoms with Crippen LogP contribution in [-0.2, 0) is 10.0 Å². The molecule has 0 aliphatic carbocycles. The molecule has 2 amide bonds. The summed E-state index contributed by atoms with van der Waals surface area (Å²) in [6, 6.07) is 20.5. The van der Waals surface area contributed by atoms with Crippen molar-refractivity contribution < 1.29 is 18.0 Å². The van der Waals surface area contributed by atoms with Gasteiger partial charge in [-0.25, -0.2) is 13.2 Å². The highest BCUT2D eigenvalue weighted by atomic mass is 32.2. The minimum atomic E-state index is -3.88. The Balaban J connectivity index is 1.69. The molecule has 28 heavy (non-hydrogen) atoms. The number of anilines is 3. The van der Waals surface area contributed by atoms with Crippen molar-refractivity contribution >= 4 is 39.4 Å². The van der Waals surface area contributed by atoms with Crippen molar-refractivity contribution in [3.8, 4) is 0 Å². The Bertz CT molecular complexity index is 1080. The first-order valence-corrected chi connectivity index (χ1v) is 9.76. The average molecular weight is 395 g/mol. The minimum absolute atomic E-state index is 0.00206. The number of para-hydroxylation sites is 2. The molecule has 0 aliphatic heterocycles. The quantitative estimate of drug-likeness (QED) is 0.550. The zero-order chi connectivity index (χ0) is 20.0. The fourth-order valence-electron chi connectivity index (χ4n) is 2.43. The number of rotatable bonds is 6. The lowest BCUT2D eigenvalue weighted by atomic mass is 10.2. The molecular weight excluding hydrogens is 378 g/mol. The summed E-state index contributed by atoms with van der Waals surface area (Å²) >= 11 is 0. The number of aldehydes is 1. The summed E-state index contributed by atoms with van der Waals surface area (Å²) in [5, 5.41) is 5.29. The summed E-state index contributed by atoms with van der Waals surface area (Å²) in [5.74, 6) is 0. The summed E-state index contributed by atoms with van der Waals surface area (Å²) in [5.41, 5.74) is 1.50. The van der Waals surface area contributed by atoms with Gasteiger partial charge in [-0.3, -0.25) is 9.52 Å². The van der Waals surface area contributed by atoms with Crippen molar-refractivity contribution in [1.82, 2.24) is 0 Å². The molecule has 0 bridgehead atoms. The molecule has 0 heterocycles. The van der Waals surface area contributed by atoms with Crippen molar-refractivity contribution in [3.63, 3.8) is 0 Å². The monoisotopic (exact) mass is 395 g/mol. The van der Waals surface area contributed by atoms with Crippen molar-refractivity contribution in [1.29, 1.82) is 0 Å². The number of benzene rings is 3. The molecule has 0 fully saturated rings. The normalized spacial score (nSPS) is 10.7. The number of carbonyl (C=O) groups excluding carboxylic acids is 2. The topological polar surface area (TPSA) is 104 Å². The molecule has 0 radical (unpaired) electrons. The summed E-state index contributed by atoms with van der Waals surface area (Å²) in [4.78, 5) is 23.0. The van der Waals surface area contributed by atoms with Gasteiger partial charge in [0, 0.05) is 16.9 Å². The van der Waals surface area contributed by atoms with Gasteiger partial charge in [0.05, 0.1) is 10.6 Å². The maximum absolute atomic E-state index is 12.5. The van der Waals surface area contributed by atoms with Gasteiger partial charge in [0.25, 0.3) is 10.0 Å². The third-order valence-electron chi connectivity index (χ3n) is 3.79. The lowest BCUT2D eigenvalue weighted by molar-refractivity contribution is 0.112. The van der Waals surface area contributed by atoms with Gasteiger partial charge >= 0.3 is 6.03 Å². The zero-order valence-electron chi connectivity index (χ0n) is 14.6. The number of hydrogen-bond acceptors (Lipinski definition) is 4. The average Bonchev–Trinajstić information content (AvgIpc) is 2.69. The van der Waals surface area contributed by atoms with Gasteiger partial charge in [0.15, 0.2) is 6.29 Å². The van der Waals surface area contributed by atoms with Crippen molar-refractivity contribution in [2.75, 3.05) is 15.4 Å². The van der Waals surface area contributed by atoms with Crippen LogP contribution < -0.4 is 15.4 Å². The van der Waals surface area contributed by atoms with E-state index in [1.54, 1.807) is 36.4 Å². The van der Waals surface area contributed by atoms with Crippen molar-refractivity contribution in [3.05, 3.63) is 84.4 Å². The van der Waals surface area contributed by atoms with Crippen LogP contribution in [0.5, 0.6) is 0 Å². The maximum atomic E-state index is 12.5. The highest BCUT2D eigenvalue weighted by Gasteiger charge is 2.16. The fourth-order valence-corrected chi connectivity index (χ4v) is 3.52. The number of carbonyl (C=O) groups is 2. The van der Waals surface area contributed by atoms with Crippen LogP contribution in [0.1, 0.15) is 10.4 Å². The molecular formula is C20H17N3O4S. The first-order valence-electron chi connectivity index (χ1n) is 8.28. The first-order chi connectivity index (χ1) is 13.5. The second-order valence-electron chi connectivity index (χ2n) is 5.78.